The van der Waals surface area contributed by atoms with E-state index in [9.17, 15) is 13.2 Å². The van der Waals surface area contributed by atoms with E-state index in [2.05, 4.69) is 27.1 Å². The van der Waals surface area contributed by atoms with Gasteiger partial charge in [-0.05, 0) is 51.1 Å². The highest BCUT2D eigenvalue weighted by Crippen LogP contribution is 2.46. The number of nitrogens with one attached hydrogen (secondary N) is 1. The molecule has 2 aromatic rings. The van der Waals surface area contributed by atoms with E-state index in [1.807, 2.05) is 0 Å². The van der Waals surface area contributed by atoms with Gasteiger partial charge < -0.3 is 20.5 Å². The van der Waals surface area contributed by atoms with Gasteiger partial charge in [0.2, 0.25) is 0 Å². The molecule has 1 aromatic heterocycles. The largest absolute Gasteiger partial charge is 0.493 e. The highest BCUT2D eigenvalue weighted by atomic mass is 32.2. The van der Waals surface area contributed by atoms with Crippen LogP contribution < -0.4 is 20.5 Å². The molecule has 34 heavy (non-hydrogen) atoms. The van der Waals surface area contributed by atoms with Crippen LogP contribution >= 0.6 is 0 Å². The van der Waals surface area contributed by atoms with E-state index in [1.165, 1.54) is 6.20 Å². The fraction of sp³-hybridized carbons (Fsp3) is 0.375. The minimum atomic E-state index is -3.58. The molecule has 0 saturated heterocycles. The van der Waals surface area contributed by atoms with Crippen LogP contribution in [0.1, 0.15) is 43.2 Å². The van der Waals surface area contributed by atoms with E-state index in [0.29, 0.717) is 35.8 Å². The molecule has 3 heterocycles. The average molecular weight is 483 g/mol. The Hall–Kier alpha value is -3.58. The molecule has 0 radical (unpaired) electrons. The Balaban J connectivity index is 1.61. The summed E-state index contributed by atoms with van der Waals surface area (Å²) in [4.78, 5) is 21.6. The van der Waals surface area contributed by atoms with E-state index in [0.717, 1.165) is 0 Å². The summed E-state index contributed by atoms with van der Waals surface area (Å²) in [6, 6.07) is 8.26. The summed E-state index contributed by atoms with van der Waals surface area (Å²) in [5, 5.41) is 2.80. The zero-order chi connectivity index (χ0) is 24.6. The molecule has 1 unspecified atom stereocenters. The lowest BCUT2D eigenvalue weighted by Crippen LogP contribution is -2.56. The van der Waals surface area contributed by atoms with Gasteiger partial charge in [-0.2, -0.15) is 0 Å². The van der Waals surface area contributed by atoms with Crippen molar-refractivity contribution in [3.63, 3.8) is 0 Å². The standard InChI is InChI=1S/C24H26N4O5S/c1-4-5-11-32-17-7-8-19(26-14-17)21(29)27-16-6-9-20-18(13-16)24(10-12-33-20)15-34(30,31)23(2,3)22(25)28-24/h6-9,13-14H,10-12,15H2,1-3H3,(H2,25,28)(H,27,29). The van der Waals surface area contributed by atoms with Crippen molar-refractivity contribution in [2.24, 2.45) is 10.7 Å². The minimum absolute atomic E-state index is 0.0671. The number of nitrogens with two attached hydrogens (primary N) is 1. The Labute approximate surface area is 198 Å². The first-order valence-electron chi connectivity index (χ1n) is 10.7. The van der Waals surface area contributed by atoms with Crippen molar-refractivity contribution in [3.8, 4) is 23.3 Å². The number of hydrogen-bond donors (Lipinski definition) is 2. The van der Waals surface area contributed by atoms with Gasteiger partial charge in [-0.3, -0.25) is 9.79 Å². The van der Waals surface area contributed by atoms with Crippen LogP contribution in [0.5, 0.6) is 11.5 Å². The summed E-state index contributed by atoms with van der Waals surface area (Å²) in [5.74, 6) is 5.99. The zero-order valence-electron chi connectivity index (χ0n) is 19.2. The second-order valence-electron chi connectivity index (χ2n) is 8.66. The van der Waals surface area contributed by atoms with Crippen molar-refractivity contribution in [2.45, 2.75) is 37.5 Å². The number of ether oxygens (including phenoxy) is 2. The molecule has 0 fully saturated rings. The van der Waals surface area contributed by atoms with Crippen LogP contribution in [0.4, 0.5) is 5.69 Å². The first-order valence-corrected chi connectivity index (χ1v) is 12.4. The number of aliphatic imine (C=N–C) groups is 1. The van der Waals surface area contributed by atoms with Crippen molar-refractivity contribution in [3.05, 3.63) is 47.8 Å². The number of fused-ring (bicyclic) bond motifs is 2. The lowest BCUT2D eigenvalue weighted by Gasteiger charge is -2.42. The SMILES string of the molecule is CC#CCOc1ccc(C(=O)Nc2ccc3c(c2)C2(CCO3)CS(=O)(=O)C(C)(C)C(N)=N2)nc1. The molecular formula is C24H26N4O5S. The van der Waals surface area contributed by atoms with Gasteiger partial charge in [0, 0.05) is 17.7 Å². The Bertz CT molecular complexity index is 1320. The van der Waals surface area contributed by atoms with Crippen molar-refractivity contribution >= 4 is 27.3 Å². The van der Waals surface area contributed by atoms with Gasteiger partial charge in [0.05, 0.1) is 18.6 Å². The number of hydrogen-bond acceptors (Lipinski definition) is 8. The number of benzene rings is 1. The molecule has 178 valence electrons. The first kappa shape index (κ1) is 23.6. The maximum Gasteiger partial charge on any atom is 0.274 e. The van der Waals surface area contributed by atoms with Crippen LogP contribution in [0, 0.1) is 11.8 Å². The number of anilines is 1. The average Bonchev–Trinajstić information content (AvgIpc) is 2.79. The summed E-state index contributed by atoms with van der Waals surface area (Å²) < 4.78 is 36.0. The summed E-state index contributed by atoms with van der Waals surface area (Å²) in [7, 11) is -3.58. The van der Waals surface area contributed by atoms with Crippen LogP contribution in [-0.4, -0.2) is 48.9 Å². The van der Waals surface area contributed by atoms with E-state index >= 15 is 0 Å². The third-order valence-corrected chi connectivity index (χ3v) is 8.75. The monoisotopic (exact) mass is 482 g/mol. The van der Waals surface area contributed by atoms with Crippen molar-refractivity contribution in [1.82, 2.24) is 4.98 Å². The smallest absolute Gasteiger partial charge is 0.274 e. The molecule has 9 nitrogen and oxygen atoms in total. The predicted molar refractivity (Wildman–Crippen MR) is 129 cm³/mol. The molecule has 1 aromatic carbocycles. The number of amides is 1. The third kappa shape index (κ3) is 4.19. The van der Waals surface area contributed by atoms with E-state index in [1.54, 1.807) is 51.1 Å². The lowest BCUT2D eigenvalue weighted by molar-refractivity contribution is 0.102. The Morgan fingerprint density at radius 2 is 2.09 bits per heavy atom. The molecule has 1 atom stereocenters. The summed E-state index contributed by atoms with van der Waals surface area (Å²) in [6.07, 6.45) is 1.81. The summed E-state index contributed by atoms with van der Waals surface area (Å²) in [6.45, 7) is 5.39. The highest BCUT2D eigenvalue weighted by Gasteiger charge is 2.52. The van der Waals surface area contributed by atoms with E-state index in [4.69, 9.17) is 15.2 Å². The predicted octanol–water partition coefficient (Wildman–Crippen LogP) is 2.28. The van der Waals surface area contributed by atoms with Gasteiger partial charge in [-0.25, -0.2) is 13.4 Å². The van der Waals surface area contributed by atoms with Gasteiger partial charge in [-0.15, -0.1) is 5.92 Å². The summed E-state index contributed by atoms with van der Waals surface area (Å²) in [5.41, 5.74) is 6.30. The normalized spacial score (nSPS) is 21.8. The third-order valence-electron chi connectivity index (χ3n) is 6.13. The minimum Gasteiger partial charge on any atom is -0.493 e. The topological polar surface area (TPSA) is 133 Å². The quantitative estimate of drug-likeness (QED) is 0.639. The molecule has 3 N–H and O–H groups in total. The zero-order valence-corrected chi connectivity index (χ0v) is 20.0. The molecule has 0 bridgehead atoms. The van der Waals surface area contributed by atoms with Gasteiger partial charge in [0.1, 0.15) is 39.9 Å². The fourth-order valence-corrected chi connectivity index (χ4v) is 5.58. The Morgan fingerprint density at radius 1 is 1.29 bits per heavy atom. The molecule has 4 rings (SSSR count). The van der Waals surface area contributed by atoms with Crippen LogP contribution in [0.15, 0.2) is 41.5 Å². The van der Waals surface area contributed by atoms with Crippen molar-refractivity contribution < 1.29 is 22.7 Å². The number of aromatic nitrogens is 1. The first-order chi connectivity index (χ1) is 16.1. The number of sulfone groups is 1. The van der Waals surface area contributed by atoms with Crippen LogP contribution in [0.3, 0.4) is 0 Å². The van der Waals surface area contributed by atoms with E-state index < -0.39 is 26.0 Å². The number of amidine groups is 1. The second-order valence-corrected chi connectivity index (χ2v) is 11.2. The van der Waals surface area contributed by atoms with Gasteiger partial charge in [-0.1, -0.05) is 5.92 Å². The highest BCUT2D eigenvalue weighted by molar-refractivity contribution is 7.93. The number of pyridine rings is 1. The number of nitrogens with zero attached hydrogens (tertiary/aromatic N) is 2. The molecule has 1 amide bonds. The molecule has 2 aliphatic heterocycles. The van der Waals surface area contributed by atoms with Crippen LogP contribution in [0.2, 0.25) is 0 Å². The van der Waals surface area contributed by atoms with Gasteiger partial charge in [0.25, 0.3) is 5.91 Å². The molecule has 1 spiro atoms. The Morgan fingerprint density at radius 3 is 2.76 bits per heavy atom. The molecule has 0 aliphatic carbocycles. The van der Waals surface area contributed by atoms with E-state index in [-0.39, 0.29) is 23.9 Å². The second kappa shape index (κ2) is 8.65. The van der Waals surface area contributed by atoms with Gasteiger partial charge >= 0.3 is 0 Å². The molecule has 10 heteroatoms. The fourth-order valence-electron chi connectivity index (χ4n) is 3.87. The van der Waals surface area contributed by atoms with Crippen LogP contribution in [-0.2, 0) is 15.4 Å². The molecular weight excluding hydrogens is 456 g/mol. The molecule has 2 aliphatic rings. The maximum atomic E-state index is 13.1. The number of carbonyl (C=O) groups excluding carboxylic acids is 1. The lowest BCUT2D eigenvalue weighted by atomic mass is 9.85. The molecule has 0 saturated carbocycles. The van der Waals surface area contributed by atoms with Crippen LogP contribution in [0.25, 0.3) is 0 Å². The Kier molecular flexibility index (Phi) is 6.00. The maximum absolute atomic E-state index is 13.1. The van der Waals surface area contributed by atoms with Crippen molar-refractivity contribution in [2.75, 3.05) is 24.3 Å². The summed E-state index contributed by atoms with van der Waals surface area (Å²) >= 11 is 0. The van der Waals surface area contributed by atoms with Crippen molar-refractivity contribution in [1.29, 1.82) is 0 Å². The number of rotatable bonds is 4. The van der Waals surface area contributed by atoms with Gasteiger partial charge in [0.15, 0.2) is 9.84 Å². The number of carbonyl (C=O) groups is 1.